The number of rotatable bonds is 3. The van der Waals surface area contributed by atoms with Crippen molar-refractivity contribution in [2.75, 3.05) is 11.9 Å². The summed E-state index contributed by atoms with van der Waals surface area (Å²) in [6.07, 6.45) is 6.05. The molecular weight excluding hydrogens is 246 g/mol. The summed E-state index contributed by atoms with van der Waals surface area (Å²) in [5, 5.41) is 9.58. The number of hydrogen-bond donors (Lipinski definition) is 2. The SMILES string of the molecule is Cn1ncnc1NC(=O)N[C@H]1CCO[C@@H](C2CC2)C1. The maximum absolute atomic E-state index is 11.9. The van der Waals surface area contributed by atoms with Gasteiger partial charge in [-0.15, -0.1) is 0 Å². The largest absolute Gasteiger partial charge is 0.378 e. The highest BCUT2D eigenvalue weighted by Crippen LogP contribution is 2.38. The third kappa shape index (κ3) is 3.04. The van der Waals surface area contributed by atoms with Gasteiger partial charge in [-0.1, -0.05) is 0 Å². The molecule has 104 valence electrons. The van der Waals surface area contributed by atoms with Gasteiger partial charge in [-0.05, 0) is 31.6 Å². The maximum atomic E-state index is 11.9. The number of urea groups is 1. The molecule has 1 saturated heterocycles. The molecule has 2 atom stereocenters. The number of aryl methyl sites for hydroxylation is 1. The van der Waals surface area contributed by atoms with Crippen molar-refractivity contribution in [1.29, 1.82) is 0 Å². The molecule has 2 aliphatic rings. The first-order valence-corrected chi connectivity index (χ1v) is 6.75. The fourth-order valence-electron chi connectivity index (χ4n) is 2.49. The van der Waals surface area contributed by atoms with E-state index in [1.807, 2.05) is 0 Å². The average Bonchev–Trinajstić information content (AvgIpc) is 3.16. The smallest absolute Gasteiger partial charge is 0.321 e. The van der Waals surface area contributed by atoms with Crippen molar-refractivity contribution >= 4 is 12.0 Å². The van der Waals surface area contributed by atoms with Gasteiger partial charge in [0.2, 0.25) is 5.95 Å². The van der Waals surface area contributed by atoms with Gasteiger partial charge in [-0.2, -0.15) is 10.1 Å². The van der Waals surface area contributed by atoms with Crippen LogP contribution >= 0.6 is 0 Å². The number of hydrogen-bond acceptors (Lipinski definition) is 4. The van der Waals surface area contributed by atoms with Crippen molar-refractivity contribution in [3.8, 4) is 0 Å². The molecule has 2 amide bonds. The predicted octanol–water partition coefficient (Wildman–Crippen LogP) is 0.894. The summed E-state index contributed by atoms with van der Waals surface area (Å²) in [7, 11) is 1.74. The van der Waals surface area contributed by atoms with Gasteiger partial charge < -0.3 is 10.1 Å². The van der Waals surface area contributed by atoms with Crippen LogP contribution in [0, 0.1) is 5.92 Å². The topological polar surface area (TPSA) is 81.1 Å². The summed E-state index contributed by atoms with van der Waals surface area (Å²) in [5.41, 5.74) is 0. The van der Waals surface area contributed by atoms with E-state index in [9.17, 15) is 4.79 Å². The Morgan fingerprint density at radius 3 is 3.00 bits per heavy atom. The quantitative estimate of drug-likeness (QED) is 0.850. The number of carbonyl (C=O) groups is 1. The minimum atomic E-state index is -0.224. The highest BCUT2D eigenvalue weighted by Gasteiger charge is 2.36. The molecule has 1 aromatic rings. The maximum Gasteiger partial charge on any atom is 0.321 e. The van der Waals surface area contributed by atoms with E-state index < -0.39 is 0 Å². The first-order valence-electron chi connectivity index (χ1n) is 6.75. The second-order valence-corrected chi connectivity index (χ2v) is 5.27. The van der Waals surface area contributed by atoms with Gasteiger partial charge in [0.05, 0.1) is 6.10 Å². The van der Waals surface area contributed by atoms with Crippen LogP contribution in [0.5, 0.6) is 0 Å². The van der Waals surface area contributed by atoms with Crippen LogP contribution in [0.3, 0.4) is 0 Å². The molecule has 0 spiro atoms. The summed E-state index contributed by atoms with van der Waals surface area (Å²) >= 11 is 0. The lowest BCUT2D eigenvalue weighted by molar-refractivity contribution is -0.00890. The molecule has 2 heterocycles. The zero-order valence-electron chi connectivity index (χ0n) is 11.0. The van der Waals surface area contributed by atoms with Crippen molar-refractivity contribution < 1.29 is 9.53 Å². The van der Waals surface area contributed by atoms with E-state index in [1.165, 1.54) is 23.9 Å². The Morgan fingerprint density at radius 2 is 2.32 bits per heavy atom. The van der Waals surface area contributed by atoms with Gasteiger partial charge >= 0.3 is 6.03 Å². The summed E-state index contributed by atoms with van der Waals surface area (Å²) in [6, 6.07) is -0.0369. The zero-order valence-corrected chi connectivity index (χ0v) is 11.0. The van der Waals surface area contributed by atoms with Crippen LogP contribution in [0.25, 0.3) is 0 Å². The summed E-state index contributed by atoms with van der Waals surface area (Å²) in [4.78, 5) is 15.8. The van der Waals surface area contributed by atoms with Gasteiger partial charge in [0.25, 0.3) is 0 Å². The highest BCUT2D eigenvalue weighted by atomic mass is 16.5. The van der Waals surface area contributed by atoms with Gasteiger partial charge in [-0.3, -0.25) is 5.32 Å². The monoisotopic (exact) mass is 265 g/mol. The molecule has 1 aliphatic heterocycles. The lowest BCUT2D eigenvalue weighted by Crippen LogP contribution is -2.44. The van der Waals surface area contributed by atoms with Crippen molar-refractivity contribution in [3.05, 3.63) is 6.33 Å². The van der Waals surface area contributed by atoms with Crippen molar-refractivity contribution in [1.82, 2.24) is 20.1 Å². The Morgan fingerprint density at radius 1 is 1.47 bits per heavy atom. The highest BCUT2D eigenvalue weighted by molar-refractivity contribution is 5.87. The van der Waals surface area contributed by atoms with E-state index in [-0.39, 0.29) is 12.1 Å². The molecule has 19 heavy (non-hydrogen) atoms. The molecule has 3 rings (SSSR count). The third-order valence-corrected chi connectivity index (χ3v) is 3.73. The van der Waals surface area contributed by atoms with Crippen LogP contribution in [-0.4, -0.2) is 39.5 Å². The molecule has 2 fully saturated rings. The third-order valence-electron chi connectivity index (χ3n) is 3.73. The molecular formula is C12H19N5O2. The molecule has 1 aromatic heterocycles. The fourth-order valence-corrected chi connectivity index (χ4v) is 2.49. The first kappa shape index (κ1) is 12.4. The van der Waals surface area contributed by atoms with Gasteiger partial charge in [0.15, 0.2) is 0 Å². The fraction of sp³-hybridized carbons (Fsp3) is 0.750. The number of nitrogens with one attached hydrogen (secondary N) is 2. The number of carbonyl (C=O) groups excluding carboxylic acids is 1. The molecule has 2 N–H and O–H groups in total. The lowest BCUT2D eigenvalue weighted by atomic mass is 10.0. The zero-order chi connectivity index (χ0) is 13.2. The molecule has 1 saturated carbocycles. The van der Waals surface area contributed by atoms with Crippen LogP contribution in [0.15, 0.2) is 6.33 Å². The summed E-state index contributed by atoms with van der Waals surface area (Å²) in [5.74, 6) is 1.16. The standard InChI is InChI=1S/C12H19N5O2/c1-17-11(13-7-14-17)16-12(18)15-9-4-5-19-10(6-9)8-2-3-8/h7-10H,2-6H2,1H3,(H2,13,14,15,16,18)/t9-,10+/m0/s1. The average molecular weight is 265 g/mol. The number of nitrogens with zero attached hydrogens (tertiary/aromatic N) is 3. The molecule has 0 radical (unpaired) electrons. The molecule has 1 aliphatic carbocycles. The van der Waals surface area contributed by atoms with E-state index in [1.54, 1.807) is 7.05 Å². The number of amides is 2. The van der Waals surface area contributed by atoms with Crippen molar-refractivity contribution in [3.63, 3.8) is 0 Å². The number of anilines is 1. The first-order chi connectivity index (χ1) is 9.22. The van der Waals surface area contributed by atoms with E-state index in [4.69, 9.17) is 4.74 Å². The van der Waals surface area contributed by atoms with Crippen LogP contribution < -0.4 is 10.6 Å². The van der Waals surface area contributed by atoms with Crippen LogP contribution in [0.2, 0.25) is 0 Å². The minimum absolute atomic E-state index is 0.188. The second kappa shape index (κ2) is 5.16. The number of aromatic nitrogens is 3. The minimum Gasteiger partial charge on any atom is -0.378 e. The van der Waals surface area contributed by atoms with Crippen LogP contribution in [0.4, 0.5) is 10.7 Å². The van der Waals surface area contributed by atoms with Crippen LogP contribution in [0.1, 0.15) is 25.7 Å². The van der Waals surface area contributed by atoms with Gasteiger partial charge in [0, 0.05) is 19.7 Å². The van der Waals surface area contributed by atoms with E-state index >= 15 is 0 Å². The molecule has 0 bridgehead atoms. The van der Waals surface area contributed by atoms with Crippen molar-refractivity contribution in [2.24, 2.45) is 13.0 Å². The van der Waals surface area contributed by atoms with E-state index in [0.29, 0.717) is 18.0 Å². The Hall–Kier alpha value is -1.63. The van der Waals surface area contributed by atoms with E-state index in [2.05, 4.69) is 20.7 Å². The summed E-state index contributed by atoms with van der Waals surface area (Å²) < 4.78 is 7.26. The normalized spacial score (nSPS) is 27.0. The Bertz CT molecular complexity index is 457. The molecule has 7 heteroatoms. The van der Waals surface area contributed by atoms with E-state index in [0.717, 1.165) is 19.4 Å². The molecule has 7 nitrogen and oxygen atoms in total. The summed E-state index contributed by atoms with van der Waals surface area (Å²) in [6.45, 7) is 0.732. The molecule has 0 aromatic carbocycles. The lowest BCUT2D eigenvalue weighted by Gasteiger charge is -2.30. The number of ether oxygens (including phenoxy) is 1. The van der Waals surface area contributed by atoms with Crippen LogP contribution in [-0.2, 0) is 11.8 Å². The second-order valence-electron chi connectivity index (χ2n) is 5.27. The Labute approximate surface area is 111 Å². The Balaban J connectivity index is 1.50. The Kier molecular flexibility index (Phi) is 3.37. The van der Waals surface area contributed by atoms with Gasteiger partial charge in [0.1, 0.15) is 6.33 Å². The predicted molar refractivity (Wildman–Crippen MR) is 68.6 cm³/mol. The van der Waals surface area contributed by atoms with Crippen molar-refractivity contribution in [2.45, 2.75) is 37.8 Å². The van der Waals surface area contributed by atoms with Gasteiger partial charge in [-0.25, -0.2) is 9.48 Å². The molecule has 0 unspecified atom stereocenters.